The van der Waals surface area contributed by atoms with E-state index in [0.717, 1.165) is 44.3 Å². The second kappa shape index (κ2) is 12.4. The lowest BCUT2D eigenvalue weighted by Crippen LogP contribution is -2.38. The van der Waals surface area contributed by atoms with Gasteiger partial charge in [0.05, 0.1) is 12.8 Å². The van der Waals surface area contributed by atoms with E-state index in [4.69, 9.17) is 14.1 Å². The molecule has 2 N–H and O–H groups in total. The molecule has 0 spiro atoms. The number of guanidine groups is 1. The van der Waals surface area contributed by atoms with Gasteiger partial charge in [-0.1, -0.05) is 12.1 Å². The van der Waals surface area contributed by atoms with E-state index in [1.165, 1.54) is 22.8 Å². The van der Waals surface area contributed by atoms with Crippen molar-refractivity contribution < 1.29 is 9.15 Å². The zero-order valence-corrected chi connectivity index (χ0v) is 18.0. The van der Waals surface area contributed by atoms with Gasteiger partial charge >= 0.3 is 0 Å². The highest BCUT2D eigenvalue weighted by molar-refractivity contribution is 7.99. The molecule has 29 heavy (non-hydrogen) atoms. The molecule has 1 aliphatic rings. The summed E-state index contributed by atoms with van der Waals surface area (Å²) in [5, 5.41) is 6.67. The fourth-order valence-electron chi connectivity index (χ4n) is 3.09. The average molecular weight is 417 g/mol. The number of rotatable bonds is 10. The minimum atomic E-state index is 0.521. The maximum atomic E-state index is 5.61. The van der Waals surface area contributed by atoms with Crippen molar-refractivity contribution in [1.82, 2.24) is 10.6 Å². The quantitative estimate of drug-likeness (QED) is 0.351. The van der Waals surface area contributed by atoms with Gasteiger partial charge in [-0.05, 0) is 43.2 Å². The minimum absolute atomic E-state index is 0.521. The van der Waals surface area contributed by atoms with Crippen molar-refractivity contribution >= 4 is 23.4 Å². The van der Waals surface area contributed by atoms with E-state index in [1.807, 2.05) is 23.9 Å². The molecule has 1 aromatic carbocycles. The lowest BCUT2D eigenvalue weighted by molar-refractivity contribution is 0.105. The van der Waals surface area contributed by atoms with Crippen LogP contribution in [0.15, 0.2) is 52.1 Å². The van der Waals surface area contributed by atoms with E-state index < -0.39 is 0 Å². The monoisotopic (exact) mass is 416 g/mol. The fourth-order valence-corrected chi connectivity index (χ4v) is 4.00. The molecule has 1 aromatic heterocycles. The van der Waals surface area contributed by atoms with E-state index in [0.29, 0.717) is 19.8 Å². The number of hydrogen-bond donors (Lipinski definition) is 2. The number of nitrogens with one attached hydrogen (secondary N) is 2. The Morgan fingerprint density at radius 3 is 2.72 bits per heavy atom. The molecule has 0 saturated carbocycles. The summed E-state index contributed by atoms with van der Waals surface area (Å²) in [5.41, 5.74) is 2.54. The van der Waals surface area contributed by atoms with Gasteiger partial charge in [-0.15, -0.1) is 0 Å². The number of benzene rings is 1. The third-order valence-electron chi connectivity index (χ3n) is 4.66. The standard InChI is InChI=1S/C22H32N4O2S/c1-2-23-22(24-10-4-13-27-18-21-5-3-14-28-21)25-17-19-6-8-20(9-7-19)26-11-15-29-16-12-26/h3,5-9,14H,2,4,10-13,15-18H2,1H3,(H2,23,24,25). The SMILES string of the molecule is CCNC(=NCc1ccc(N2CCSCC2)cc1)NCCCOCc1ccco1. The summed E-state index contributed by atoms with van der Waals surface area (Å²) in [6, 6.07) is 12.6. The summed E-state index contributed by atoms with van der Waals surface area (Å²) in [7, 11) is 0. The molecule has 0 aliphatic carbocycles. The number of aliphatic imine (C=N–C) groups is 1. The Labute approximate surface area is 178 Å². The Morgan fingerprint density at radius 1 is 1.17 bits per heavy atom. The zero-order valence-electron chi connectivity index (χ0n) is 17.2. The Morgan fingerprint density at radius 2 is 2.00 bits per heavy atom. The van der Waals surface area contributed by atoms with E-state index in [2.05, 4.69) is 46.7 Å². The Balaban J connectivity index is 1.38. The maximum Gasteiger partial charge on any atom is 0.191 e. The van der Waals surface area contributed by atoms with E-state index in [-0.39, 0.29) is 0 Å². The van der Waals surface area contributed by atoms with Crippen molar-refractivity contribution in [3.63, 3.8) is 0 Å². The van der Waals surface area contributed by atoms with Crippen molar-refractivity contribution in [2.45, 2.75) is 26.5 Å². The molecular formula is C22H32N4O2S. The number of furan rings is 1. The molecule has 6 nitrogen and oxygen atoms in total. The Kier molecular flexibility index (Phi) is 9.26. The number of nitrogens with zero attached hydrogens (tertiary/aromatic N) is 2. The molecular weight excluding hydrogens is 384 g/mol. The predicted molar refractivity (Wildman–Crippen MR) is 122 cm³/mol. The van der Waals surface area contributed by atoms with Crippen molar-refractivity contribution in [2.75, 3.05) is 49.2 Å². The van der Waals surface area contributed by atoms with E-state index >= 15 is 0 Å². The normalized spacial score (nSPS) is 14.8. The first-order valence-corrected chi connectivity index (χ1v) is 11.5. The fraction of sp³-hybridized carbons (Fsp3) is 0.500. The van der Waals surface area contributed by atoms with Gasteiger partial charge in [0, 0.05) is 50.0 Å². The summed E-state index contributed by atoms with van der Waals surface area (Å²) < 4.78 is 10.9. The highest BCUT2D eigenvalue weighted by Gasteiger charge is 2.10. The minimum Gasteiger partial charge on any atom is -0.467 e. The summed E-state index contributed by atoms with van der Waals surface area (Å²) >= 11 is 2.04. The average Bonchev–Trinajstić information content (AvgIpc) is 3.29. The molecule has 0 radical (unpaired) electrons. The van der Waals surface area contributed by atoms with E-state index in [9.17, 15) is 0 Å². The highest BCUT2D eigenvalue weighted by Crippen LogP contribution is 2.20. The summed E-state index contributed by atoms with van der Waals surface area (Å²) in [5.74, 6) is 4.14. The van der Waals surface area contributed by atoms with Gasteiger partial charge in [0.15, 0.2) is 5.96 Å². The van der Waals surface area contributed by atoms with Gasteiger partial charge in [0.1, 0.15) is 12.4 Å². The smallest absolute Gasteiger partial charge is 0.191 e. The third kappa shape index (κ3) is 7.66. The molecule has 158 valence electrons. The van der Waals surface area contributed by atoms with Crippen LogP contribution in [0, 0.1) is 0 Å². The van der Waals surface area contributed by atoms with Crippen LogP contribution in [0.5, 0.6) is 0 Å². The summed E-state index contributed by atoms with van der Waals surface area (Å²) in [4.78, 5) is 7.17. The highest BCUT2D eigenvalue weighted by atomic mass is 32.2. The van der Waals surface area contributed by atoms with Crippen LogP contribution in [0.3, 0.4) is 0 Å². The lowest BCUT2D eigenvalue weighted by atomic mass is 10.2. The largest absolute Gasteiger partial charge is 0.467 e. The predicted octanol–water partition coefficient (Wildman–Crippen LogP) is 3.49. The molecule has 0 bridgehead atoms. The van der Waals surface area contributed by atoms with Crippen molar-refractivity contribution in [3.05, 3.63) is 54.0 Å². The van der Waals surface area contributed by atoms with Gasteiger partial charge in [0.2, 0.25) is 0 Å². The topological polar surface area (TPSA) is 62.0 Å². The van der Waals surface area contributed by atoms with Gasteiger partial charge in [-0.25, -0.2) is 4.99 Å². The van der Waals surface area contributed by atoms with Gasteiger partial charge in [0.25, 0.3) is 0 Å². The number of thioether (sulfide) groups is 1. The molecule has 0 amide bonds. The van der Waals surface area contributed by atoms with Crippen LogP contribution in [-0.2, 0) is 17.9 Å². The molecule has 3 rings (SSSR count). The maximum absolute atomic E-state index is 5.61. The number of hydrogen-bond acceptors (Lipinski definition) is 5. The first-order valence-electron chi connectivity index (χ1n) is 10.4. The first kappa shape index (κ1) is 21.6. The Hall–Kier alpha value is -2.12. The molecule has 0 unspecified atom stereocenters. The molecule has 0 atom stereocenters. The van der Waals surface area contributed by atoms with Crippen LogP contribution in [0.25, 0.3) is 0 Å². The van der Waals surface area contributed by atoms with Crippen LogP contribution in [0.2, 0.25) is 0 Å². The van der Waals surface area contributed by atoms with Gasteiger partial charge < -0.3 is 24.7 Å². The van der Waals surface area contributed by atoms with Crippen LogP contribution < -0.4 is 15.5 Å². The van der Waals surface area contributed by atoms with Crippen molar-refractivity contribution in [3.8, 4) is 0 Å². The lowest BCUT2D eigenvalue weighted by Gasteiger charge is -2.28. The van der Waals surface area contributed by atoms with Gasteiger partial charge in [-0.2, -0.15) is 11.8 Å². The van der Waals surface area contributed by atoms with Crippen LogP contribution in [0.1, 0.15) is 24.7 Å². The summed E-state index contributed by atoms with van der Waals surface area (Å²) in [6.07, 6.45) is 2.58. The molecule has 2 heterocycles. The molecule has 1 aliphatic heterocycles. The molecule has 1 fully saturated rings. The van der Waals surface area contributed by atoms with Crippen LogP contribution in [0.4, 0.5) is 5.69 Å². The molecule has 7 heteroatoms. The molecule has 2 aromatic rings. The number of anilines is 1. The second-order valence-corrected chi connectivity index (χ2v) is 8.10. The number of ether oxygens (including phenoxy) is 1. The Bertz CT molecular complexity index is 713. The molecule has 1 saturated heterocycles. The first-order chi connectivity index (χ1) is 14.3. The third-order valence-corrected chi connectivity index (χ3v) is 5.60. The second-order valence-electron chi connectivity index (χ2n) is 6.87. The van der Waals surface area contributed by atoms with Crippen LogP contribution in [-0.4, -0.2) is 50.3 Å². The van der Waals surface area contributed by atoms with Gasteiger partial charge in [-0.3, -0.25) is 0 Å². The van der Waals surface area contributed by atoms with Crippen molar-refractivity contribution in [2.24, 2.45) is 4.99 Å². The van der Waals surface area contributed by atoms with Crippen molar-refractivity contribution in [1.29, 1.82) is 0 Å². The zero-order chi connectivity index (χ0) is 20.2. The van der Waals surface area contributed by atoms with Crippen LogP contribution >= 0.6 is 11.8 Å². The summed E-state index contributed by atoms with van der Waals surface area (Å²) in [6.45, 7) is 7.89. The van der Waals surface area contributed by atoms with E-state index in [1.54, 1.807) is 6.26 Å².